The van der Waals surface area contributed by atoms with Gasteiger partial charge in [0.2, 0.25) is 5.91 Å². The number of rotatable bonds is 5. The topological polar surface area (TPSA) is 87.2 Å². The molecule has 2 rings (SSSR count). The Morgan fingerprint density at radius 3 is 2.48 bits per heavy atom. The van der Waals surface area contributed by atoms with Crippen LogP contribution in [0.25, 0.3) is 11.4 Å². The summed E-state index contributed by atoms with van der Waals surface area (Å²) in [5.74, 6) is 0.502. The maximum absolute atomic E-state index is 12.0. The zero-order valence-corrected chi connectivity index (χ0v) is 14.9. The summed E-state index contributed by atoms with van der Waals surface area (Å²) in [5, 5.41) is 5.34. The number of hydrogen-bond acceptors (Lipinski definition) is 4. The third-order valence-electron chi connectivity index (χ3n) is 3.76. The van der Waals surface area contributed by atoms with Crippen LogP contribution < -0.4 is 10.6 Å². The van der Waals surface area contributed by atoms with Crippen molar-refractivity contribution in [1.29, 1.82) is 0 Å². The molecule has 0 saturated heterocycles. The molecule has 2 N–H and O–H groups in total. The molecule has 2 aromatic rings. The van der Waals surface area contributed by atoms with Crippen molar-refractivity contribution in [2.75, 3.05) is 18.9 Å². The van der Waals surface area contributed by atoms with Crippen LogP contribution in [0.4, 0.5) is 10.5 Å². The predicted molar refractivity (Wildman–Crippen MR) is 97.1 cm³/mol. The number of benzene rings is 1. The van der Waals surface area contributed by atoms with E-state index in [0.717, 1.165) is 11.3 Å². The van der Waals surface area contributed by atoms with Gasteiger partial charge in [0, 0.05) is 36.7 Å². The summed E-state index contributed by atoms with van der Waals surface area (Å²) in [6.07, 6.45) is 1.71. The Bertz CT molecular complexity index is 745. The summed E-state index contributed by atoms with van der Waals surface area (Å²) in [6, 6.07) is 8.03. The number of nitrogens with one attached hydrogen (secondary N) is 2. The van der Waals surface area contributed by atoms with Gasteiger partial charge in [-0.25, -0.2) is 14.8 Å². The van der Waals surface area contributed by atoms with E-state index in [0.29, 0.717) is 18.1 Å². The average Bonchev–Trinajstić information content (AvgIpc) is 2.60. The van der Waals surface area contributed by atoms with Crippen LogP contribution in [-0.2, 0) is 4.79 Å². The van der Waals surface area contributed by atoms with Gasteiger partial charge in [-0.05, 0) is 51.1 Å². The smallest absolute Gasteiger partial charge is 0.319 e. The fourth-order valence-corrected chi connectivity index (χ4v) is 2.20. The number of nitrogens with zero attached hydrogens (tertiary/aromatic N) is 3. The predicted octanol–water partition coefficient (Wildman–Crippen LogP) is 2.44. The van der Waals surface area contributed by atoms with Gasteiger partial charge >= 0.3 is 6.03 Å². The van der Waals surface area contributed by atoms with Gasteiger partial charge < -0.3 is 15.5 Å². The maximum Gasteiger partial charge on any atom is 0.319 e. The van der Waals surface area contributed by atoms with Crippen LogP contribution in [0, 0.1) is 6.92 Å². The van der Waals surface area contributed by atoms with Gasteiger partial charge in [0.25, 0.3) is 0 Å². The SMILES string of the molecule is CCN(C)C(=O)C(C)NC(=O)Nc1ccc(-c2nccc(C)n2)cc1. The average molecular weight is 341 g/mol. The summed E-state index contributed by atoms with van der Waals surface area (Å²) >= 11 is 0. The van der Waals surface area contributed by atoms with Crippen molar-refractivity contribution in [2.24, 2.45) is 0 Å². The van der Waals surface area contributed by atoms with Crippen LogP contribution in [-0.4, -0.2) is 46.4 Å². The lowest BCUT2D eigenvalue weighted by Crippen LogP contribution is -2.46. The van der Waals surface area contributed by atoms with E-state index in [1.54, 1.807) is 37.2 Å². The second-order valence-corrected chi connectivity index (χ2v) is 5.77. The van der Waals surface area contributed by atoms with Gasteiger partial charge in [-0.2, -0.15) is 0 Å². The first-order valence-electron chi connectivity index (χ1n) is 8.13. The number of amides is 3. The van der Waals surface area contributed by atoms with E-state index in [-0.39, 0.29) is 5.91 Å². The van der Waals surface area contributed by atoms with E-state index in [9.17, 15) is 9.59 Å². The van der Waals surface area contributed by atoms with E-state index in [1.807, 2.05) is 32.0 Å². The number of aryl methyl sites for hydroxylation is 1. The molecule has 0 fully saturated rings. The second-order valence-electron chi connectivity index (χ2n) is 5.77. The maximum atomic E-state index is 12.0. The van der Waals surface area contributed by atoms with Gasteiger partial charge in [0.15, 0.2) is 5.82 Å². The molecule has 0 aliphatic rings. The minimum Gasteiger partial charge on any atom is -0.344 e. The standard InChI is InChI=1S/C18H23N5O2/c1-5-23(4)17(24)13(3)21-18(25)22-15-8-6-14(7-9-15)16-19-11-10-12(2)20-16/h6-11,13H,5H2,1-4H3,(H2,21,22,25). The molecule has 3 amide bonds. The molecule has 7 heteroatoms. The number of carbonyl (C=O) groups excluding carboxylic acids is 2. The molecule has 0 spiro atoms. The lowest BCUT2D eigenvalue weighted by atomic mass is 10.2. The van der Waals surface area contributed by atoms with Crippen LogP contribution in [0.3, 0.4) is 0 Å². The Hall–Kier alpha value is -2.96. The number of carbonyl (C=O) groups is 2. The summed E-state index contributed by atoms with van der Waals surface area (Å²) < 4.78 is 0. The Balaban J connectivity index is 1.97. The quantitative estimate of drug-likeness (QED) is 0.874. The molecule has 25 heavy (non-hydrogen) atoms. The molecular formula is C18H23N5O2. The zero-order chi connectivity index (χ0) is 18.4. The zero-order valence-electron chi connectivity index (χ0n) is 14.9. The molecule has 0 bridgehead atoms. The van der Waals surface area contributed by atoms with Crippen molar-refractivity contribution < 1.29 is 9.59 Å². The molecular weight excluding hydrogens is 318 g/mol. The number of likely N-dealkylation sites (N-methyl/N-ethyl adjacent to an activating group) is 1. The van der Waals surface area contributed by atoms with Gasteiger partial charge in [0.05, 0.1) is 0 Å². The van der Waals surface area contributed by atoms with Crippen molar-refractivity contribution in [1.82, 2.24) is 20.2 Å². The second kappa shape index (κ2) is 8.23. The molecule has 1 aromatic heterocycles. The van der Waals surface area contributed by atoms with Gasteiger partial charge in [0.1, 0.15) is 6.04 Å². The Labute approximate surface area is 147 Å². The minimum atomic E-state index is -0.593. The highest BCUT2D eigenvalue weighted by molar-refractivity contribution is 5.93. The number of urea groups is 1. The first-order chi connectivity index (χ1) is 11.9. The van der Waals surface area contributed by atoms with Crippen molar-refractivity contribution >= 4 is 17.6 Å². The van der Waals surface area contributed by atoms with Gasteiger partial charge in [-0.15, -0.1) is 0 Å². The largest absolute Gasteiger partial charge is 0.344 e. The Kier molecular flexibility index (Phi) is 6.05. The number of hydrogen-bond donors (Lipinski definition) is 2. The van der Waals surface area contributed by atoms with E-state index in [4.69, 9.17) is 0 Å². The molecule has 7 nitrogen and oxygen atoms in total. The summed E-state index contributed by atoms with van der Waals surface area (Å²) in [7, 11) is 1.70. The summed E-state index contributed by atoms with van der Waals surface area (Å²) in [4.78, 5) is 34.1. The molecule has 1 atom stereocenters. The Morgan fingerprint density at radius 2 is 1.88 bits per heavy atom. The van der Waals surface area contributed by atoms with Crippen LogP contribution >= 0.6 is 0 Å². The lowest BCUT2D eigenvalue weighted by molar-refractivity contribution is -0.131. The number of aromatic nitrogens is 2. The Morgan fingerprint density at radius 1 is 1.20 bits per heavy atom. The lowest BCUT2D eigenvalue weighted by Gasteiger charge is -2.20. The van der Waals surface area contributed by atoms with Gasteiger partial charge in [-0.3, -0.25) is 4.79 Å². The van der Waals surface area contributed by atoms with Crippen LogP contribution in [0.15, 0.2) is 36.5 Å². The van der Waals surface area contributed by atoms with Crippen LogP contribution in [0.1, 0.15) is 19.5 Å². The monoisotopic (exact) mass is 341 g/mol. The van der Waals surface area contributed by atoms with Crippen LogP contribution in [0.2, 0.25) is 0 Å². The highest BCUT2D eigenvalue weighted by Crippen LogP contribution is 2.17. The molecule has 1 heterocycles. The molecule has 0 saturated carbocycles. The van der Waals surface area contributed by atoms with E-state index < -0.39 is 12.1 Å². The van der Waals surface area contributed by atoms with Crippen molar-refractivity contribution in [2.45, 2.75) is 26.8 Å². The third-order valence-corrected chi connectivity index (χ3v) is 3.76. The summed E-state index contributed by atoms with van der Waals surface area (Å²) in [6.45, 7) is 6.04. The first-order valence-corrected chi connectivity index (χ1v) is 8.13. The van der Waals surface area contributed by atoms with E-state index in [2.05, 4.69) is 20.6 Å². The van der Waals surface area contributed by atoms with Gasteiger partial charge in [-0.1, -0.05) is 0 Å². The van der Waals surface area contributed by atoms with E-state index >= 15 is 0 Å². The van der Waals surface area contributed by atoms with Crippen molar-refractivity contribution in [3.8, 4) is 11.4 Å². The first kappa shape index (κ1) is 18.4. The molecule has 0 radical (unpaired) electrons. The number of anilines is 1. The fourth-order valence-electron chi connectivity index (χ4n) is 2.20. The summed E-state index contributed by atoms with van der Waals surface area (Å²) in [5.41, 5.74) is 2.38. The molecule has 1 aromatic carbocycles. The third kappa shape index (κ3) is 5.00. The van der Waals surface area contributed by atoms with Crippen molar-refractivity contribution in [3.05, 3.63) is 42.2 Å². The molecule has 1 unspecified atom stereocenters. The highest BCUT2D eigenvalue weighted by Gasteiger charge is 2.18. The van der Waals surface area contributed by atoms with Crippen LogP contribution in [0.5, 0.6) is 0 Å². The van der Waals surface area contributed by atoms with Crippen molar-refractivity contribution in [3.63, 3.8) is 0 Å². The van der Waals surface area contributed by atoms with E-state index in [1.165, 1.54) is 0 Å². The fraction of sp³-hybridized carbons (Fsp3) is 0.333. The molecule has 0 aliphatic carbocycles. The normalized spacial score (nSPS) is 11.5. The minimum absolute atomic E-state index is 0.135. The molecule has 132 valence electrons. The molecule has 0 aliphatic heterocycles. The highest BCUT2D eigenvalue weighted by atomic mass is 16.2.